The van der Waals surface area contributed by atoms with Crippen molar-refractivity contribution in [2.24, 2.45) is 0 Å². The number of rotatable bonds is 6. The van der Waals surface area contributed by atoms with Gasteiger partial charge in [-0.1, -0.05) is 23.7 Å². The quantitative estimate of drug-likeness (QED) is 0.436. The van der Waals surface area contributed by atoms with E-state index in [0.717, 1.165) is 11.9 Å². The number of benzene rings is 2. The summed E-state index contributed by atoms with van der Waals surface area (Å²) in [5, 5.41) is 12.2. The van der Waals surface area contributed by atoms with Gasteiger partial charge in [-0.2, -0.15) is 9.97 Å². The van der Waals surface area contributed by atoms with E-state index in [1.807, 2.05) is 0 Å². The van der Waals surface area contributed by atoms with Gasteiger partial charge in [-0.15, -0.1) is 0 Å². The Hall–Kier alpha value is -3.39. The third-order valence-corrected chi connectivity index (χ3v) is 3.98. The lowest BCUT2D eigenvalue weighted by Gasteiger charge is -2.11. The van der Waals surface area contributed by atoms with Crippen LogP contribution in [0.3, 0.4) is 0 Å². The van der Waals surface area contributed by atoms with Crippen LogP contribution in [0.1, 0.15) is 5.56 Å². The number of hydrogen-bond acceptors (Lipinski definition) is 7. The topological polar surface area (TPSA) is 96.6 Å². The Morgan fingerprint density at radius 1 is 1.04 bits per heavy atom. The van der Waals surface area contributed by atoms with Crippen molar-refractivity contribution >= 4 is 17.3 Å². The van der Waals surface area contributed by atoms with Crippen LogP contribution in [0.25, 0.3) is 0 Å². The molecule has 0 unspecified atom stereocenters. The van der Waals surface area contributed by atoms with Crippen molar-refractivity contribution in [1.29, 1.82) is 0 Å². The van der Waals surface area contributed by atoms with Crippen molar-refractivity contribution in [2.45, 2.75) is 6.92 Å². The van der Waals surface area contributed by atoms with Crippen molar-refractivity contribution < 1.29 is 19.1 Å². The van der Waals surface area contributed by atoms with E-state index in [1.165, 1.54) is 7.11 Å². The van der Waals surface area contributed by atoms with E-state index in [2.05, 4.69) is 9.97 Å². The average molecular weight is 388 g/mol. The van der Waals surface area contributed by atoms with Gasteiger partial charge in [0.2, 0.25) is 0 Å². The summed E-state index contributed by atoms with van der Waals surface area (Å²) in [5.41, 5.74) is 0.257. The van der Waals surface area contributed by atoms with Crippen LogP contribution in [0.2, 0.25) is 5.02 Å². The maximum Gasteiger partial charge on any atom is 0.393 e. The summed E-state index contributed by atoms with van der Waals surface area (Å²) in [6.07, 6.45) is 1.12. The number of hydrogen-bond donors (Lipinski definition) is 0. The lowest BCUT2D eigenvalue weighted by Crippen LogP contribution is -2.01. The first-order valence-electron chi connectivity index (χ1n) is 7.74. The SMILES string of the molecule is COc1ccccc1Oc1ncnc(Oc2ccc(Cl)c(C)c2)c1[N+](=O)[O-]. The Morgan fingerprint density at radius 3 is 2.33 bits per heavy atom. The lowest BCUT2D eigenvalue weighted by molar-refractivity contribution is -0.387. The number of nitrogens with zero attached hydrogens (tertiary/aromatic N) is 3. The summed E-state index contributed by atoms with van der Waals surface area (Å²) in [6, 6.07) is 11.6. The Kier molecular flexibility index (Phi) is 5.37. The minimum atomic E-state index is -0.664. The Balaban J connectivity index is 1.99. The molecule has 1 heterocycles. The molecule has 138 valence electrons. The molecule has 0 bridgehead atoms. The molecule has 0 radical (unpaired) electrons. The molecule has 0 saturated carbocycles. The number of aryl methyl sites for hydroxylation is 1. The van der Waals surface area contributed by atoms with Crippen molar-refractivity contribution in [2.75, 3.05) is 7.11 Å². The Bertz CT molecular complexity index is 996. The molecule has 0 saturated heterocycles. The molecule has 8 nitrogen and oxygen atoms in total. The maximum absolute atomic E-state index is 11.6. The fraction of sp³-hybridized carbons (Fsp3) is 0.111. The summed E-state index contributed by atoms with van der Waals surface area (Å²) in [7, 11) is 1.47. The minimum Gasteiger partial charge on any atom is -0.493 e. The molecule has 9 heteroatoms. The molecule has 2 aromatic carbocycles. The van der Waals surface area contributed by atoms with Gasteiger partial charge < -0.3 is 14.2 Å². The van der Waals surface area contributed by atoms with Crippen LogP contribution >= 0.6 is 11.6 Å². The lowest BCUT2D eigenvalue weighted by atomic mass is 10.2. The molecule has 27 heavy (non-hydrogen) atoms. The highest BCUT2D eigenvalue weighted by Crippen LogP contribution is 2.40. The first kappa shape index (κ1) is 18.4. The van der Waals surface area contributed by atoms with Gasteiger partial charge in [0, 0.05) is 5.02 Å². The molecular formula is C18H14ClN3O5. The molecule has 0 aliphatic rings. The van der Waals surface area contributed by atoms with E-state index in [9.17, 15) is 10.1 Å². The number of ether oxygens (including phenoxy) is 3. The van der Waals surface area contributed by atoms with Gasteiger partial charge in [0.05, 0.1) is 12.0 Å². The maximum atomic E-state index is 11.6. The van der Waals surface area contributed by atoms with Crippen molar-refractivity contribution in [3.05, 3.63) is 69.5 Å². The number of methoxy groups -OCH3 is 1. The molecule has 0 amide bonds. The van der Waals surface area contributed by atoms with E-state index in [4.69, 9.17) is 25.8 Å². The van der Waals surface area contributed by atoms with Gasteiger partial charge >= 0.3 is 17.4 Å². The summed E-state index contributed by atoms with van der Waals surface area (Å²) in [5.74, 6) is 0.514. The predicted octanol–water partition coefficient (Wildman–Crippen LogP) is 4.94. The summed E-state index contributed by atoms with van der Waals surface area (Å²) < 4.78 is 16.4. The van der Waals surface area contributed by atoms with Crippen LogP contribution in [-0.2, 0) is 0 Å². The third-order valence-electron chi connectivity index (χ3n) is 3.56. The molecule has 3 aromatic rings. The Labute approximate surface area is 159 Å². The van der Waals surface area contributed by atoms with E-state index >= 15 is 0 Å². The van der Waals surface area contributed by atoms with E-state index in [0.29, 0.717) is 16.5 Å². The van der Waals surface area contributed by atoms with Crippen LogP contribution in [0.5, 0.6) is 29.0 Å². The minimum absolute atomic E-state index is 0.248. The first-order valence-corrected chi connectivity index (χ1v) is 8.11. The van der Waals surface area contributed by atoms with Gasteiger partial charge in [-0.3, -0.25) is 10.1 Å². The van der Waals surface area contributed by atoms with Crippen LogP contribution in [-0.4, -0.2) is 22.0 Å². The van der Waals surface area contributed by atoms with Gasteiger partial charge in [0.15, 0.2) is 11.5 Å². The summed E-state index contributed by atoms with van der Waals surface area (Å²) >= 11 is 5.99. The molecule has 3 rings (SSSR count). The summed E-state index contributed by atoms with van der Waals surface area (Å²) in [4.78, 5) is 18.7. The van der Waals surface area contributed by atoms with E-state index in [-0.39, 0.29) is 17.5 Å². The second-order valence-corrected chi connectivity index (χ2v) is 5.76. The van der Waals surface area contributed by atoms with Crippen molar-refractivity contribution in [3.8, 4) is 29.0 Å². The molecule has 0 spiro atoms. The van der Waals surface area contributed by atoms with Crippen molar-refractivity contribution in [1.82, 2.24) is 9.97 Å². The zero-order valence-electron chi connectivity index (χ0n) is 14.4. The van der Waals surface area contributed by atoms with E-state index in [1.54, 1.807) is 49.4 Å². The van der Waals surface area contributed by atoms with Crippen LogP contribution in [0.4, 0.5) is 5.69 Å². The molecule has 0 aliphatic carbocycles. The zero-order chi connectivity index (χ0) is 19.4. The number of aromatic nitrogens is 2. The molecule has 0 N–H and O–H groups in total. The molecule has 1 aromatic heterocycles. The van der Waals surface area contributed by atoms with Gasteiger partial charge in [-0.05, 0) is 42.8 Å². The molecule has 0 atom stereocenters. The molecule has 0 aliphatic heterocycles. The molecule has 0 fully saturated rings. The highest BCUT2D eigenvalue weighted by molar-refractivity contribution is 6.31. The smallest absolute Gasteiger partial charge is 0.393 e. The normalized spacial score (nSPS) is 10.3. The first-order chi connectivity index (χ1) is 13.0. The number of para-hydroxylation sites is 2. The zero-order valence-corrected chi connectivity index (χ0v) is 15.1. The largest absolute Gasteiger partial charge is 0.493 e. The highest BCUT2D eigenvalue weighted by atomic mass is 35.5. The monoisotopic (exact) mass is 387 g/mol. The number of halogens is 1. The summed E-state index contributed by atoms with van der Waals surface area (Å²) in [6.45, 7) is 1.79. The standard InChI is InChI=1S/C18H14ClN3O5/c1-11-9-12(7-8-13(11)19)26-17-16(22(23)24)18(21-10-20-17)27-15-6-4-3-5-14(15)25-2/h3-10H,1-2H3. The second-order valence-electron chi connectivity index (χ2n) is 5.36. The van der Waals surface area contributed by atoms with Crippen LogP contribution < -0.4 is 14.2 Å². The fourth-order valence-corrected chi connectivity index (χ4v) is 2.37. The fourth-order valence-electron chi connectivity index (χ4n) is 2.25. The van der Waals surface area contributed by atoms with Gasteiger partial charge in [0.25, 0.3) is 0 Å². The molecular weight excluding hydrogens is 374 g/mol. The van der Waals surface area contributed by atoms with Gasteiger partial charge in [0.1, 0.15) is 12.1 Å². The van der Waals surface area contributed by atoms with E-state index < -0.39 is 10.6 Å². The predicted molar refractivity (Wildman–Crippen MR) is 98.0 cm³/mol. The van der Waals surface area contributed by atoms with Crippen LogP contribution in [0, 0.1) is 17.0 Å². The average Bonchev–Trinajstić information content (AvgIpc) is 2.65. The Morgan fingerprint density at radius 2 is 1.70 bits per heavy atom. The van der Waals surface area contributed by atoms with Crippen molar-refractivity contribution in [3.63, 3.8) is 0 Å². The third kappa shape index (κ3) is 4.06. The van der Waals surface area contributed by atoms with Crippen LogP contribution in [0.15, 0.2) is 48.8 Å². The second kappa shape index (κ2) is 7.88. The number of nitro groups is 1. The van der Waals surface area contributed by atoms with Gasteiger partial charge in [-0.25, -0.2) is 0 Å². The highest BCUT2D eigenvalue weighted by Gasteiger charge is 2.27.